The quantitative estimate of drug-likeness (QED) is 0.818. The van der Waals surface area contributed by atoms with E-state index < -0.39 is 0 Å². The Bertz CT molecular complexity index is 775. The van der Waals surface area contributed by atoms with Crippen molar-refractivity contribution in [2.45, 2.75) is 18.9 Å². The Morgan fingerprint density at radius 2 is 2.15 bits per heavy atom. The van der Waals surface area contributed by atoms with Crippen LogP contribution in [0.1, 0.15) is 34.3 Å². The smallest absolute Gasteiger partial charge is 0.267 e. The minimum Gasteiger partial charge on any atom is -0.495 e. The minimum absolute atomic E-state index is 0.0148. The number of methoxy groups -OCH3 is 1. The molecule has 2 aliphatic heterocycles. The van der Waals surface area contributed by atoms with Gasteiger partial charge >= 0.3 is 0 Å². The molecule has 0 radical (unpaired) electrons. The Hall–Kier alpha value is -2.19. The summed E-state index contributed by atoms with van der Waals surface area (Å²) in [5, 5.41) is 1.87. The standard InChI is InChI=1S/C18H22N4O3S/c1-24-14-5-11-26-16(14)17(23)22-9-10-25-15(12-22)13-4-6-19-18(20-13)21-7-2-3-8-21/h4-6,11,15H,2-3,7-10,12H2,1H3/t15-/m0/s1. The molecule has 1 atom stereocenters. The van der Waals surface area contributed by atoms with E-state index in [1.165, 1.54) is 24.2 Å². The number of hydrogen-bond acceptors (Lipinski definition) is 7. The van der Waals surface area contributed by atoms with Crippen LogP contribution in [-0.4, -0.2) is 60.7 Å². The van der Waals surface area contributed by atoms with Crippen LogP contribution in [0.15, 0.2) is 23.7 Å². The van der Waals surface area contributed by atoms with Gasteiger partial charge in [-0.3, -0.25) is 4.79 Å². The Labute approximate surface area is 156 Å². The second-order valence-corrected chi connectivity index (χ2v) is 7.32. The zero-order valence-electron chi connectivity index (χ0n) is 14.8. The Morgan fingerprint density at radius 1 is 1.31 bits per heavy atom. The van der Waals surface area contributed by atoms with E-state index in [1.807, 2.05) is 22.4 Å². The highest BCUT2D eigenvalue weighted by atomic mass is 32.1. The van der Waals surface area contributed by atoms with Gasteiger partial charge in [0.25, 0.3) is 5.91 Å². The fourth-order valence-corrected chi connectivity index (χ4v) is 4.21. The number of morpholine rings is 1. The van der Waals surface area contributed by atoms with Gasteiger partial charge in [0.05, 0.1) is 26.0 Å². The zero-order chi connectivity index (χ0) is 17.9. The number of rotatable bonds is 4. The first-order valence-electron chi connectivity index (χ1n) is 8.86. The summed E-state index contributed by atoms with van der Waals surface area (Å²) >= 11 is 1.40. The minimum atomic E-state index is -0.233. The molecule has 0 spiro atoms. The second kappa shape index (κ2) is 7.59. The van der Waals surface area contributed by atoms with E-state index in [1.54, 1.807) is 13.3 Å². The van der Waals surface area contributed by atoms with E-state index >= 15 is 0 Å². The van der Waals surface area contributed by atoms with Crippen LogP contribution in [0.25, 0.3) is 0 Å². The van der Waals surface area contributed by atoms with Gasteiger partial charge in [-0.2, -0.15) is 0 Å². The monoisotopic (exact) mass is 374 g/mol. The summed E-state index contributed by atoms with van der Waals surface area (Å²) in [5.41, 5.74) is 0.831. The maximum absolute atomic E-state index is 12.9. The van der Waals surface area contributed by atoms with E-state index in [2.05, 4.69) is 9.88 Å². The van der Waals surface area contributed by atoms with E-state index in [-0.39, 0.29) is 12.0 Å². The molecule has 2 aromatic rings. The SMILES string of the molecule is COc1ccsc1C(=O)N1CCO[C@H](c2ccnc(N3CCCC3)n2)C1. The van der Waals surface area contributed by atoms with Gasteiger partial charge < -0.3 is 19.3 Å². The van der Waals surface area contributed by atoms with Crippen molar-refractivity contribution in [3.63, 3.8) is 0 Å². The summed E-state index contributed by atoms with van der Waals surface area (Å²) in [7, 11) is 1.59. The Morgan fingerprint density at radius 3 is 2.96 bits per heavy atom. The third-order valence-corrected chi connectivity index (χ3v) is 5.66. The zero-order valence-corrected chi connectivity index (χ0v) is 15.6. The molecule has 1 amide bonds. The first-order chi connectivity index (χ1) is 12.8. The van der Waals surface area contributed by atoms with Crippen LogP contribution in [0.4, 0.5) is 5.95 Å². The average molecular weight is 374 g/mol. The lowest BCUT2D eigenvalue weighted by Gasteiger charge is -2.32. The molecule has 0 unspecified atom stereocenters. The molecular formula is C18H22N4O3S. The van der Waals surface area contributed by atoms with Crippen molar-refractivity contribution in [3.8, 4) is 5.75 Å². The third-order valence-electron chi connectivity index (χ3n) is 4.78. The van der Waals surface area contributed by atoms with E-state index in [0.717, 1.165) is 24.7 Å². The lowest BCUT2D eigenvalue weighted by molar-refractivity contribution is -0.0246. The van der Waals surface area contributed by atoms with Crippen molar-refractivity contribution in [2.75, 3.05) is 44.8 Å². The highest BCUT2D eigenvalue weighted by Crippen LogP contribution is 2.29. The number of carbonyl (C=O) groups excluding carboxylic acids is 1. The van der Waals surface area contributed by atoms with Crippen molar-refractivity contribution in [2.24, 2.45) is 0 Å². The summed E-state index contributed by atoms with van der Waals surface area (Å²) in [5.74, 6) is 1.37. The highest BCUT2D eigenvalue weighted by molar-refractivity contribution is 7.12. The predicted octanol–water partition coefficient (Wildman–Crippen LogP) is 2.36. The number of nitrogens with zero attached hydrogens (tertiary/aromatic N) is 4. The maximum Gasteiger partial charge on any atom is 0.267 e. The summed E-state index contributed by atoms with van der Waals surface area (Å²) in [4.78, 5) is 26.6. The van der Waals surface area contributed by atoms with Gasteiger partial charge in [0.1, 0.15) is 16.7 Å². The summed E-state index contributed by atoms with van der Waals surface area (Å²) in [6.07, 6.45) is 3.90. The predicted molar refractivity (Wildman–Crippen MR) is 98.9 cm³/mol. The summed E-state index contributed by atoms with van der Waals surface area (Å²) in [6.45, 7) is 3.54. The number of amides is 1. The third kappa shape index (κ3) is 3.39. The normalized spacial score (nSPS) is 20.4. The van der Waals surface area contributed by atoms with Crippen LogP contribution >= 0.6 is 11.3 Å². The molecule has 138 valence electrons. The number of hydrogen-bond donors (Lipinski definition) is 0. The van der Waals surface area contributed by atoms with Gasteiger partial charge in [-0.15, -0.1) is 11.3 Å². The second-order valence-electron chi connectivity index (χ2n) is 6.40. The highest BCUT2D eigenvalue weighted by Gasteiger charge is 2.29. The molecule has 7 nitrogen and oxygen atoms in total. The summed E-state index contributed by atoms with van der Waals surface area (Å²) < 4.78 is 11.2. The van der Waals surface area contributed by atoms with Crippen LogP contribution in [0, 0.1) is 0 Å². The number of thiophene rings is 1. The maximum atomic E-state index is 12.9. The Balaban J connectivity index is 1.50. The van der Waals surface area contributed by atoms with E-state index in [0.29, 0.717) is 30.3 Å². The van der Waals surface area contributed by atoms with Crippen molar-refractivity contribution < 1.29 is 14.3 Å². The van der Waals surface area contributed by atoms with Gasteiger partial charge in [0.2, 0.25) is 5.95 Å². The fraction of sp³-hybridized carbons (Fsp3) is 0.500. The van der Waals surface area contributed by atoms with Gasteiger partial charge in [0.15, 0.2) is 0 Å². The van der Waals surface area contributed by atoms with Gasteiger partial charge in [0, 0.05) is 25.8 Å². The molecule has 0 bridgehead atoms. The van der Waals surface area contributed by atoms with Gasteiger partial charge in [-0.05, 0) is 30.4 Å². The van der Waals surface area contributed by atoms with Crippen LogP contribution < -0.4 is 9.64 Å². The molecule has 2 aliphatic rings. The molecule has 0 aromatic carbocycles. The van der Waals surface area contributed by atoms with Crippen LogP contribution in [-0.2, 0) is 4.74 Å². The van der Waals surface area contributed by atoms with Crippen LogP contribution in [0.2, 0.25) is 0 Å². The van der Waals surface area contributed by atoms with Crippen LogP contribution in [0.5, 0.6) is 5.75 Å². The molecule has 0 saturated carbocycles. The summed E-state index contributed by atoms with van der Waals surface area (Å²) in [6, 6.07) is 3.70. The van der Waals surface area contributed by atoms with Crippen molar-refractivity contribution in [3.05, 3.63) is 34.3 Å². The van der Waals surface area contributed by atoms with Crippen molar-refractivity contribution >= 4 is 23.2 Å². The first kappa shape index (κ1) is 17.2. The molecule has 4 rings (SSSR count). The number of anilines is 1. The fourth-order valence-electron chi connectivity index (χ4n) is 3.38. The molecule has 0 aliphatic carbocycles. The van der Waals surface area contributed by atoms with Crippen molar-refractivity contribution in [1.29, 1.82) is 0 Å². The van der Waals surface area contributed by atoms with Crippen molar-refractivity contribution in [1.82, 2.24) is 14.9 Å². The average Bonchev–Trinajstić information content (AvgIpc) is 3.39. The molecular weight excluding hydrogens is 352 g/mol. The van der Waals surface area contributed by atoms with E-state index in [4.69, 9.17) is 14.5 Å². The van der Waals surface area contributed by atoms with Gasteiger partial charge in [-0.25, -0.2) is 9.97 Å². The number of carbonyl (C=O) groups is 1. The molecule has 0 N–H and O–H groups in total. The molecule has 2 saturated heterocycles. The lowest BCUT2D eigenvalue weighted by Crippen LogP contribution is -2.42. The van der Waals surface area contributed by atoms with E-state index in [9.17, 15) is 4.79 Å². The molecule has 4 heterocycles. The molecule has 2 aromatic heterocycles. The number of aromatic nitrogens is 2. The van der Waals surface area contributed by atoms with Gasteiger partial charge in [-0.1, -0.05) is 0 Å². The molecule has 8 heteroatoms. The first-order valence-corrected chi connectivity index (χ1v) is 9.74. The lowest BCUT2D eigenvalue weighted by atomic mass is 10.2. The Kier molecular flexibility index (Phi) is 5.03. The molecule has 2 fully saturated rings. The van der Waals surface area contributed by atoms with Crippen LogP contribution in [0.3, 0.4) is 0 Å². The number of ether oxygens (including phenoxy) is 2. The topological polar surface area (TPSA) is 67.8 Å². The largest absolute Gasteiger partial charge is 0.495 e. The molecule has 26 heavy (non-hydrogen) atoms.